The maximum Gasteiger partial charge on any atom is 0.301 e. The highest BCUT2D eigenvalue weighted by Gasteiger charge is 2.48. The summed E-state index contributed by atoms with van der Waals surface area (Å²) >= 11 is 3.79. The molecule has 1 aliphatic heterocycles. The van der Waals surface area contributed by atoms with Crippen LogP contribution in [0.15, 0.2) is 76.0 Å². The van der Waals surface area contributed by atoms with E-state index in [1.54, 1.807) is 48.5 Å². The molecule has 1 unspecified atom stereocenters. The van der Waals surface area contributed by atoms with E-state index in [-0.39, 0.29) is 22.3 Å². The number of aliphatic hydroxyl groups is 1. The van der Waals surface area contributed by atoms with Gasteiger partial charge in [-0.3, -0.25) is 14.5 Å². The molecule has 0 aliphatic carbocycles. The van der Waals surface area contributed by atoms with Gasteiger partial charge in [-0.15, -0.1) is 21.5 Å². The molecule has 1 N–H and O–H groups in total. The summed E-state index contributed by atoms with van der Waals surface area (Å²) in [6.07, 6.45) is 0.862. The van der Waals surface area contributed by atoms with Crippen LogP contribution in [0.5, 0.6) is 5.75 Å². The fourth-order valence-electron chi connectivity index (χ4n) is 3.94. The van der Waals surface area contributed by atoms with Crippen molar-refractivity contribution in [1.29, 1.82) is 0 Å². The lowest BCUT2D eigenvalue weighted by Crippen LogP contribution is -2.29. The number of thiophene rings is 1. The fraction of sp³-hybridized carbons (Fsp3) is 0.185. The van der Waals surface area contributed by atoms with Crippen LogP contribution in [-0.2, 0) is 15.3 Å². The second-order valence-electron chi connectivity index (χ2n) is 8.29. The normalized spacial score (nSPS) is 16.8. The smallest absolute Gasteiger partial charge is 0.301 e. The minimum absolute atomic E-state index is 0.0181. The largest absolute Gasteiger partial charge is 0.507 e. The van der Waals surface area contributed by atoms with Crippen LogP contribution in [0.3, 0.4) is 0 Å². The Hall–Kier alpha value is -3.54. The molecule has 4 aromatic rings. The SMILES string of the molecule is CCCOc1ccc(/C(O)=C2/C(=O)C(=O)N(c3nnc(SCc4ccccc4F)s3)C2c2cccs2)cc1. The molecular formula is C27H22FN3O4S3. The highest BCUT2D eigenvalue weighted by molar-refractivity contribution is 8.00. The van der Waals surface area contributed by atoms with E-state index < -0.39 is 17.7 Å². The van der Waals surface area contributed by atoms with Gasteiger partial charge in [0.1, 0.15) is 23.4 Å². The van der Waals surface area contributed by atoms with Crippen LogP contribution in [0.4, 0.5) is 9.52 Å². The van der Waals surface area contributed by atoms with Gasteiger partial charge in [0, 0.05) is 16.2 Å². The van der Waals surface area contributed by atoms with Gasteiger partial charge in [0.05, 0.1) is 12.2 Å². The Morgan fingerprint density at radius 3 is 2.61 bits per heavy atom. The molecule has 2 aromatic carbocycles. The van der Waals surface area contributed by atoms with E-state index in [9.17, 15) is 19.1 Å². The van der Waals surface area contributed by atoms with Gasteiger partial charge in [0.25, 0.3) is 5.78 Å². The molecule has 0 radical (unpaired) electrons. The first-order valence-corrected chi connectivity index (χ1v) is 14.4. The lowest BCUT2D eigenvalue weighted by atomic mass is 10.00. The van der Waals surface area contributed by atoms with Gasteiger partial charge in [0.15, 0.2) is 4.34 Å². The van der Waals surface area contributed by atoms with Gasteiger partial charge >= 0.3 is 5.91 Å². The Labute approximate surface area is 230 Å². The number of nitrogens with zero attached hydrogens (tertiary/aromatic N) is 3. The number of anilines is 1. The van der Waals surface area contributed by atoms with Gasteiger partial charge in [-0.2, -0.15) is 0 Å². The average molecular weight is 568 g/mol. The number of carbonyl (C=O) groups is 2. The molecule has 2 aromatic heterocycles. The second-order valence-corrected chi connectivity index (χ2v) is 11.4. The molecule has 1 fully saturated rings. The molecule has 11 heteroatoms. The highest BCUT2D eigenvalue weighted by Crippen LogP contribution is 2.45. The zero-order valence-electron chi connectivity index (χ0n) is 20.2. The third-order valence-electron chi connectivity index (χ3n) is 5.77. The Morgan fingerprint density at radius 2 is 1.89 bits per heavy atom. The Bertz CT molecular complexity index is 1490. The van der Waals surface area contributed by atoms with E-state index >= 15 is 0 Å². The molecule has 1 saturated heterocycles. The van der Waals surface area contributed by atoms with Crippen LogP contribution in [0.1, 0.15) is 35.4 Å². The van der Waals surface area contributed by atoms with E-state index in [2.05, 4.69) is 10.2 Å². The Kier molecular flexibility index (Phi) is 7.87. The molecule has 5 rings (SSSR count). The van der Waals surface area contributed by atoms with E-state index in [0.717, 1.165) is 17.8 Å². The van der Waals surface area contributed by atoms with Crippen molar-refractivity contribution in [3.05, 3.63) is 93.4 Å². The van der Waals surface area contributed by atoms with Gasteiger partial charge in [-0.1, -0.05) is 54.3 Å². The summed E-state index contributed by atoms with van der Waals surface area (Å²) in [5, 5.41) is 21.6. The number of ether oxygens (including phenoxy) is 1. The van der Waals surface area contributed by atoms with Crippen LogP contribution in [0, 0.1) is 5.82 Å². The number of hydrogen-bond donors (Lipinski definition) is 1. The van der Waals surface area contributed by atoms with Gasteiger partial charge in [-0.25, -0.2) is 4.39 Å². The highest BCUT2D eigenvalue weighted by atomic mass is 32.2. The molecule has 1 amide bonds. The number of halogens is 1. The maximum absolute atomic E-state index is 14.0. The first-order valence-electron chi connectivity index (χ1n) is 11.7. The number of Topliss-reactive ketones (excluding diaryl/α,β-unsaturated/α-hetero) is 1. The zero-order valence-corrected chi connectivity index (χ0v) is 22.6. The molecule has 3 heterocycles. The van der Waals surface area contributed by atoms with Crippen molar-refractivity contribution < 1.29 is 23.8 Å². The number of amides is 1. The number of thioether (sulfide) groups is 1. The molecule has 38 heavy (non-hydrogen) atoms. The molecule has 194 valence electrons. The molecule has 1 aliphatic rings. The van der Waals surface area contributed by atoms with E-state index in [1.165, 1.54) is 34.1 Å². The van der Waals surface area contributed by atoms with E-state index in [1.807, 2.05) is 18.4 Å². The summed E-state index contributed by atoms with van der Waals surface area (Å²) < 4.78 is 20.1. The molecule has 0 bridgehead atoms. The number of aromatic nitrogens is 2. The lowest BCUT2D eigenvalue weighted by Gasteiger charge is -2.20. The number of ketones is 1. The van der Waals surface area contributed by atoms with Crippen LogP contribution >= 0.6 is 34.4 Å². The van der Waals surface area contributed by atoms with E-state index in [0.29, 0.717) is 38.5 Å². The van der Waals surface area contributed by atoms with Gasteiger partial charge in [0.2, 0.25) is 5.13 Å². The predicted molar refractivity (Wildman–Crippen MR) is 147 cm³/mol. The molecule has 0 saturated carbocycles. The Balaban J connectivity index is 1.47. The Morgan fingerprint density at radius 1 is 1.11 bits per heavy atom. The lowest BCUT2D eigenvalue weighted by molar-refractivity contribution is -0.132. The van der Waals surface area contributed by atoms with Crippen molar-refractivity contribution in [2.75, 3.05) is 11.5 Å². The van der Waals surface area contributed by atoms with Crippen molar-refractivity contribution in [1.82, 2.24) is 10.2 Å². The minimum atomic E-state index is -0.858. The molecule has 1 atom stereocenters. The van der Waals surface area contributed by atoms with Crippen LogP contribution in [-0.4, -0.2) is 33.6 Å². The first kappa shape index (κ1) is 26.1. The monoisotopic (exact) mass is 567 g/mol. The van der Waals surface area contributed by atoms with Crippen molar-refractivity contribution in [2.24, 2.45) is 0 Å². The third kappa shape index (κ3) is 5.22. The molecular weight excluding hydrogens is 546 g/mol. The topological polar surface area (TPSA) is 92.6 Å². The number of hydrogen-bond acceptors (Lipinski definition) is 9. The summed E-state index contributed by atoms with van der Waals surface area (Å²) in [5.41, 5.74) is 0.904. The fourth-order valence-corrected chi connectivity index (χ4v) is 6.62. The number of rotatable bonds is 9. The van der Waals surface area contributed by atoms with Crippen molar-refractivity contribution in [3.8, 4) is 5.75 Å². The standard InChI is InChI=1S/C27H22FN3O4S3/c1-2-13-35-18-11-9-16(10-12-18)23(32)21-22(20-8-5-14-36-20)31(25(34)24(21)33)26-29-30-27(38-26)37-15-17-6-3-4-7-19(17)28/h3-12,14,22,32H,2,13,15H2,1H3/b23-21-. The zero-order chi connectivity index (χ0) is 26.6. The molecule has 7 nitrogen and oxygen atoms in total. The predicted octanol–water partition coefficient (Wildman–Crippen LogP) is 6.45. The molecule has 0 spiro atoms. The van der Waals surface area contributed by atoms with Crippen molar-refractivity contribution in [2.45, 2.75) is 29.5 Å². The van der Waals surface area contributed by atoms with Crippen molar-refractivity contribution >= 4 is 57.0 Å². The summed E-state index contributed by atoms with van der Waals surface area (Å²) in [6, 6.07) is 16.0. The van der Waals surface area contributed by atoms with Crippen LogP contribution in [0.25, 0.3) is 5.76 Å². The van der Waals surface area contributed by atoms with Crippen molar-refractivity contribution in [3.63, 3.8) is 0 Å². The first-order chi connectivity index (χ1) is 18.5. The summed E-state index contributed by atoms with van der Waals surface area (Å²) in [5.74, 6) is -1.19. The van der Waals surface area contributed by atoms with Gasteiger partial charge in [-0.05, 0) is 53.8 Å². The number of carbonyl (C=O) groups excluding carboxylic acids is 2. The van der Waals surface area contributed by atoms with E-state index in [4.69, 9.17) is 4.74 Å². The third-order valence-corrected chi connectivity index (χ3v) is 8.80. The average Bonchev–Trinajstić information content (AvgIpc) is 3.68. The summed E-state index contributed by atoms with van der Waals surface area (Å²) in [6.45, 7) is 2.57. The number of aliphatic hydroxyl groups excluding tert-OH is 1. The van der Waals surface area contributed by atoms with Gasteiger partial charge < -0.3 is 9.84 Å². The summed E-state index contributed by atoms with van der Waals surface area (Å²) in [4.78, 5) is 28.5. The number of benzene rings is 2. The maximum atomic E-state index is 14.0. The van der Waals surface area contributed by atoms with Crippen LogP contribution in [0.2, 0.25) is 0 Å². The second kappa shape index (κ2) is 11.5. The minimum Gasteiger partial charge on any atom is -0.507 e. The summed E-state index contributed by atoms with van der Waals surface area (Å²) in [7, 11) is 0. The quantitative estimate of drug-likeness (QED) is 0.0817. The van der Waals surface area contributed by atoms with Crippen LogP contribution < -0.4 is 9.64 Å².